The molecule has 1 unspecified atom stereocenters. The molecular weight excluding hydrogens is 615 g/mol. The Morgan fingerprint density at radius 3 is 2.16 bits per heavy atom. The number of nitrogens with zero attached hydrogens (tertiary/aromatic N) is 1. The van der Waals surface area contributed by atoms with Crippen LogP contribution in [0.4, 0.5) is 0 Å². The molecule has 0 spiro atoms. The van der Waals surface area contributed by atoms with Gasteiger partial charge in [-0.3, -0.25) is 4.79 Å². The third kappa shape index (κ3) is 12.0. The molecule has 2 aliphatic heterocycles. The van der Waals surface area contributed by atoms with E-state index in [-0.39, 0.29) is 67.1 Å². The van der Waals surface area contributed by atoms with Gasteiger partial charge in [0.1, 0.15) is 5.78 Å². The van der Waals surface area contributed by atoms with Crippen LogP contribution in [0.1, 0.15) is 44.8 Å². The summed E-state index contributed by atoms with van der Waals surface area (Å²) in [4.78, 5) is 17.7. The lowest BCUT2D eigenvalue weighted by atomic mass is 9.85. The van der Waals surface area contributed by atoms with Gasteiger partial charge in [-0.2, -0.15) is 0 Å². The topological polar surface area (TPSA) is 99.6 Å². The van der Waals surface area contributed by atoms with Gasteiger partial charge in [0.25, 0.3) is 0 Å². The predicted molar refractivity (Wildman–Crippen MR) is 181 cm³/mol. The van der Waals surface area contributed by atoms with Gasteiger partial charge in [-0.1, -0.05) is 13.0 Å². The summed E-state index contributed by atoms with van der Waals surface area (Å²) in [5.74, 6) is 0.121. The van der Waals surface area contributed by atoms with Gasteiger partial charge in [0.2, 0.25) is 0 Å². The highest BCUT2D eigenvalue weighted by Crippen LogP contribution is 2.41. The number of rotatable bonds is 16. The molecule has 0 bridgehead atoms. The Morgan fingerprint density at radius 1 is 1.00 bits per heavy atom. The second kappa shape index (κ2) is 15.0. The SMILES string of the molecule is CSc1ccc(C(O)CC(=O)C[C@H]2CO[C@@H](C[C@@H]3O[C@H]3[C@H](C)[C@H](C)O[Si](C)(C)C)[C@@H](O[Si](C)(C)C)[C@@H]2O[Si](C)(C)C)cn1. The third-order valence-electron chi connectivity index (χ3n) is 7.81. The van der Waals surface area contributed by atoms with Crippen molar-refractivity contribution in [3.63, 3.8) is 0 Å². The van der Waals surface area contributed by atoms with Crippen molar-refractivity contribution in [2.45, 2.75) is 140 Å². The fourth-order valence-electron chi connectivity index (χ4n) is 5.81. The zero-order valence-corrected chi connectivity index (χ0v) is 32.3. The molecule has 8 nitrogen and oxygen atoms in total. The number of hydrogen-bond donors (Lipinski definition) is 1. The van der Waals surface area contributed by atoms with Crippen LogP contribution >= 0.6 is 11.8 Å². The number of hydrogen-bond acceptors (Lipinski definition) is 9. The number of epoxide rings is 1. The van der Waals surface area contributed by atoms with Crippen LogP contribution < -0.4 is 0 Å². The van der Waals surface area contributed by atoms with Crippen LogP contribution in [0, 0.1) is 11.8 Å². The average molecular weight is 672 g/mol. The summed E-state index contributed by atoms with van der Waals surface area (Å²) in [6.45, 7) is 24.5. The number of aliphatic hydroxyl groups is 1. The monoisotopic (exact) mass is 671 g/mol. The molecule has 12 heteroatoms. The van der Waals surface area contributed by atoms with Gasteiger partial charge >= 0.3 is 0 Å². The summed E-state index contributed by atoms with van der Waals surface area (Å²) in [6, 6.07) is 3.71. The highest BCUT2D eigenvalue weighted by molar-refractivity contribution is 7.98. The number of carbonyl (C=O) groups is 1. The Kier molecular flexibility index (Phi) is 12.9. The highest BCUT2D eigenvalue weighted by atomic mass is 32.2. The minimum atomic E-state index is -2.01. The van der Waals surface area contributed by atoms with E-state index in [2.05, 4.69) is 77.8 Å². The normalized spacial score (nSPS) is 28.8. The molecular formula is C31H57NO7SSi3. The van der Waals surface area contributed by atoms with E-state index in [1.165, 1.54) is 0 Å². The molecule has 0 saturated carbocycles. The van der Waals surface area contributed by atoms with Crippen LogP contribution in [0.25, 0.3) is 0 Å². The molecule has 1 aromatic heterocycles. The van der Waals surface area contributed by atoms with Gasteiger partial charge in [0, 0.05) is 43.4 Å². The predicted octanol–water partition coefficient (Wildman–Crippen LogP) is 6.68. The Hall–Kier alpha value is -0.419. The Morgan fingerprint density at radius 2 is 1.63 bits per heavy atom. The van der Waals surface area contributed by atoms with Crippen LogP contribution in [0.15, 0.2) is 23.4 Å². The number of ketones is 1. The molecule has 43 heavy (non-hydrogen) atoms. The highest BCUT2D eigenvalue weighted by Gasteiger charge is 2.51. The molecule has 1 N–H and O–H groups in total. The number of Topliss-reactive ketones (excluding diaryl/α,β-unsaturated/α-hetero) is 1. The Balaban J connectivity index is 1.73. The minimum absolute atomic E-state index is 0.0137. The fraction of sp³-hybridized carbons (Fsp3) is 0.806. The summed E-state index contributed by atoms with van der Waals surface area (Å²) >= 11 is 1.54. The minimum Gasteiger partial charge on any atom is -0.415 e. The van der Waals surface area contributed by atoms with Crippen molar-refractivity contribution in [1.29, 1.82) is 0 Å². The fourth-order valence-corrected chi connectivity index (χ4v) is 9.74. The maximum Gasteiger partial charge on any atom is 0.184 e. The molecule has 3 heterocycles. The number of thioether (sulfide) groups is 1. The molecule has 2 aliphatic rings. The molecule has 1 aromatic rings. The second-order valence-electron chi connectivity index (χ2n) is 15.3. The number of aromatic nitrogens is 1. The van der Waals surface area contributed by atoms with E-state index in [9.17, 15) is 9.90 Å². The maximum absolute atomic E-state index is 13.3. The lowest BCUT2D eigenvalue weighted by Gasteiger charge is -2.47. The molecule has 2 saturated heterocycles. The van der Waals surface area contributed by atoms with Crippen LogP contribution in [-0.2, 0) is 27.5 Å². The van der Waals surface area contributed by atoms with E-state index < -0.39 is 31.1 Å². The van der Waals surface area contributed by atoms with Crippen molar-refractivity contribution >= 4 is 42.5 Å². The lowest BCUT2D eigenvalue weighted by molar-refractivity contribution is -0.159. The lowest BCUT2D eigenvalue weighted by Crippen LogP contribution is -2.58. The second-order valence-corrected chi connectivity index (χ2v) is 29.5. The number of aliphatic hydroxyl groups excluding tert-OH is 1. The van der Waals surface area contributed by atoms with Gasteiger partial charge in [-0.25, -0.2) is 4.98 Å². The van der Waals surface area contributed by atoms with Crippen LogP contribution in [0.3, 0.4) is 0 Å². The van der Waals surface area contributed by atoms with E-state index >= 15 is 0 Å². The zero-order valence-electron chi connectivity index (χ0n) is 28.5. The molecule has 0 aliphatic carbocycles. The van der Waals surface area contributed by atoms with Gasteiger partial charge < -0.3 is 27.9 Å². The average Bonchev–Trinajstić information content (AvgIpc) is 3.63. The van der Waals surface area contributed by atoms with Crippen molar-refractivity contribution in [2.75, 3.05) is 12.9 Å². The van der Waals surface area contributed by atoms with E-state index in [4.69, 9.17) is 22.8 Å². The molecule has 0 radical (unpaired) electrons. The first-order valence-electron chi connectivity index (χ1n) is 15.8. The van der Waals surface area contributed by atoms with Crippen LogP contribution in [0.5, 0.6) is 0 Å². The quantitative estimate of drug-likeness (QED) is 0.117. The zero-order chi connectivity index (χ0) is 32.3. The first kappa shape index (κ1) is 37.0. The summed E-state index contributed by atoms with van der Waals surface area (Å²) in [5, 5.41) is 11.7. The van der Waals surface area contributed by atoms with E-state index in [1.54, 1.807) is 18.0 Å². The number of carbonyl (C=O) groups excluding carboxylic acids is 1. The van der Waals surface area contributed by atoms with Crippen molar-refractivity contribution < 1.29 is 32.7 Å². The largest absolute Gasteiger partial charge is 0.415 e. The Bertz CT molecular complexity index is 1040. The Labute approximate surface area is 267 Å². The summed E-state index contributed by atoms with van der Waals surface area (Å²) < 4.78 is 32.8. The summed E-state index contributed by atoms with van der Waals surface area (Å²) in [7, 11) is -5.65. The molecule has 0 aromatic carbocycles. The van der Waals surface area contributed by atoms with Gasteiger partial charge in [0.15, 0.2) is 25.0 Å². The third-order valence-corrected chi connectivity index (χ3v) is 11.5. The maximum atomic E-state index is 13.3. The molecule has 3 rings (SSSR count). The number of ether oxygens (including phenoxy) is 2. The van der Waals surface area contributed by atoms with Gasteiger partial charge in [-0.15, -0.1) is 11.8 Å². The van der Waals surface area contributed by atoms with E-state index in [0.717, 1.165) is 11.4 Å². The van der Waals surface area contributed by atoms with Crippen molar-refractivity contribution in [2.24, 2.45) is 11.8 Å². The number of pyridine rings is 1. The molecule has 246 valence electrons. The molecule has 9 atom stereocenters. The standard InChI is InChI=1S/C31H57NO7SSi3/c1-20(21(2)37-41(4,5)6)29-27(36-29)17-26-31(39-43(10,11)12)30(38-42(7,8)9)23(19-35-26)15-24(33)16-25(34)22-13-14-28(40-3)32-18-22/h13-14,18,20-21,23,25-27,29-31,34H,15-17,19H2,1-12H3/t20-,21+,23+,25?,26+,27+,29+,30-,31-/m1/s1. The van der Waals surface area contributed by atoms with Gasteiger partial charge in [0.05, 0.1) is 48.3 Å². The van der Waals surface area contributed by atoms with Crippen molar-refractivity contribution in [3.05, 3.63) is 23.9 Å². The van der Waals surface area contributed by atoms with E-state index in [0.29, 0.717) is 12.2 Å². The van der Waals surface area contributed by atoms with Crippen LogP contribution in [0.2, 0.25) is 58.9 Å². The first-order chi connectivity index (χ1) is 19.8. The summed E-state index contributed by atoms with van der Waals surface area (Å²) in [5.41, 5.74) is 0.652. The molecule has 2 fully saturated rings. The van der Waals surface area contributed by atoms with E-state index in [1.807, 2.05) is 18.4 Å². The molecule has 0 amide bonds. The van der Waals surface area contributed by atoms with Crippen molar-refractivity contribution in [1.82, 2.24) is 4.98 Å². The van der Waals surface area contributed by atoms with Crippen LogP contribution in [-0.4, -0.2) is 90.3 Å². The van der Waals surface area contributed by atoms with Gasteiger partial charge in [-0.05, 0) is 83.7 Å². The smallest absolute Gasteiger partial charge is 0.184 e. The summed E-state index contributed by atoms with van der Waals surface area (Å²) in [6.07, 6.45) is 3.39. The van der Waals surface area contributed by atoms with Crippen molar-refractivity contribution in [3.8, 4) is 0 Å². The first-order valence-corrected chi connectivity index (χ1v) is 27.2.